The topological polar surface area (TPSA) is 46.2 Å². The quantitative estimate of drug-likeness (QED) is 0.873. The number of hydrogen-bond acceptors (Lipinski definition) is 2. The molecule has 1 atom stereocenters. The monoisotopic (exact) mass is 343 g/mol. The molecule has 6 heteroatoms. The zero-order chi connectivity index (χ0) is 15.5. The van der Waals surface area contributed by atoms with Crippen molar-refractivity contribution in [3.05, 3.63) is 64.1 Å². The van der Waals surface area contributed by atoms with E-state index in [0.29, 0.717) is 11.4 Å². The van der Waals surface area contributed by atoms with E-state index in [-0.39, 0.29) is 16.0 Å². The van der Waals surface area contributed by atoms with Gasteiger partial charge in [-0.2, -0.15) is 0 Å². The van der Waals surface area contributed by atoms with Crippen molar-refractivity contribution in [1.29, 1.82) is 0 Å². The molecule has 2 aromatic carbocycles. The number of benzene rings is 2. The van der Waals surface area contributed by atoms with Gasteiger partial charge in [-0.3, -0.25) is 0 Å². The predicted molar refractivity (Wildman–Crippen MR) is 86.3 cm³/mol. The molecule has 0 amide bonds. The molecular formula is C15H15Cl2NO2S. The third-order valence-corrected chi connectivity index (χ3v) is 5.32. The third kappa shape index (κ3) is 3.98. The fraction of sp³-hybridized carbons (Fsp3) is 0.200. The Balaban J connectivity index is 2.29. The first-order chi connectivity index (χ1) is 9.94. The molecule has 0 aliphatic heterocycles. The largest absolute Gasteiger partial charge is 0.241 e. The van der Waals surface area contributed by atoms with Crippen molar-refractivity contribution in [2.24, 2.45) is 0 Å². The highest BCUT2D eigenvalue weighted by atomic mass is 35.5. The molecule has 0 saturated heterocycles. The van der Waals surface area contributed by atoms with E-state index < -0.39 is 10.0 Å². The molecule has 0 aliphatic carbocycles. The zero-order valence-electron chi connectivity index (χ0n) is 11.4. The Labute approximate surface area is 135 Å². The molecule has 2 aromatic rings. The minimum atomic E-state index is -3.65. The molecule has 21 heavy (non-hydrogen) atoms. The van der Waals surface area contributed by atoms with Gasteiger partial charge in [0.2, 0.25) is 10.0 Å². The number of sulfonamides is 1. The fourth-order valence-corrected chi connectivity index (χ4v) is 3.67. The van der Waals surface area contributed by atoms with Crippen LogP contribution < -0.4 is 4.72 Å². The lowest BCUT2D eigenvalue weighted by molar-refractivity contribution is 0.550. The van der Waals surface area contributed by atoms with Crippen LogP contribution >= 0.6 is 23.2 Å². The first kappa shape index (κ1) is 16.3. The summed E-state index contributed by atoms with van der Waals surface area (Å²) in [7, 11) is -3.65. The summed E-state index contributed by atoms with van der Waals surface area (Å²) in [5.41, 5.74) is 0.920. The van der Waals surface area contributed by atoms with Gasteiger partial charge in [-0.05, 0) is 30.2 Å². The van der Waals surface area contributed by atoms with Gasteiger partial charge < -0.3 is 0 Å². The molecule has 0 radical (unpaired) electrons. The molecule has 3 nitrogen and oxygen atoms in total. The van der Waals surface area contributed by atoms with Crippen molar-refractivity contribution >= 4 is 33.2 Å². The van der Waals surface area contributed by atoms with Crippen LogP contribution in [0.4, 0.5) is 0 Å². The van der Waals surface area contributed by atoms with Crippen molar-refractivity contribution in [2.75, 3.05) is 0 Å². The molecule has 0 bridgehead atoms. The lowest BCUT2D eigenvalue weighted by Gasteiger charge is -2.17. The summed E-state index contributed by atoms with van der Waals surface area (Å²) in [6.45, 7) is 1.93. The van der Waals surface area contributed by atoms with Crippen molar-refractivity contribution in [3.8, 4) is 0 Å². The maximum atomic E-state index is 12.4. The first-order valence-electron chi connectivity index (χ1n) is 6.46. The molecule has 1 N–H and O–H groups in total. The summed E-state index contributed by atoms with van der Waals surface area (Å²) >= 11 is 11.7. The van der Waals surface area contributed by atoms with Gasteiger partial charge in [-0.15, -0.1) is 0 Å². The molecule has 2 rings (SSSR count). The molecule has 0 aromatic heterocycles. The average molecular weight is 344 g/mol. The van der Waals surface area contributed by atoms with Crippen LogP contribution in [0.15, 0.2) is 53.4 Å². The smallest absolute Gasteiger partial charge is 0.207 e. The number of rotatable bonds is 5. The normalized spacial score (nSPS) is 13.1. The van der Waals surface area contributed by atoms with Crippen molar-refractivity contribution in [1.82, 2.24) is 4.72 Å². The standard InChI is InChI=1S/C15H15Cl2NO2S/c1-2-15(11-6-4-3-5-7-11)18-21(19,20)12-8-9-13(16)14(17)10-12/h3-10,15,18H,2H2,1H3/t15-/m0/s1. The van der Waals surface area contributed by atoms with Crippen molar-refractivity contribution in [2.45, 2.75) is 24.3 Å². The Morgan fingerprint density at radius 1 is 1.05 bits per heavy atom. The fourth-order valence-electron chi connectivity index (χ4n) is 1.97. The molecule has 0 spiro atoms. The first-order valence-corrected chi connectivity index (χ1v) is 8.70. The number of nitrogens with one attached hydrogen (secondary N) is 1. The SMILES string of the molecule is CC[C@H](NS(=O)(=O)c1ccc(Cl)c(Cl)c1)c1ccccc1. The minimum Gasteiger partial charge on any atom is -0.207 e. The number of halogens is 2. The van der Waals surface area contributed by atoms with Crippen LogP contribution in [0.5, 0.6) is 0 Å². The minimum absolute atomic E-state index is 0.103. The molecule has 0 saturated carbocycles. The van der Waals surface area contributed by atoms with Gasteiger partial charge in [0.15, 0.2) is 0 Å². The molecule has 112 valence electrons. The van der Waals surface area contributed by atoms with Crippen LogP contribution in [-0.4, -0.2) is 8.42 Å². The van der Waals surface area contributed by atoms with Gasteiger partial charge in [-0.1, -0.05) is 60.5 Å². The second-order valence-electron chi connectivity index (χ2n) is 4.57. The van der Waals surface area contributed by atoms with E-state index in [4.69, 9.17) is 23.2 Å². The Morgan fingerprint density at radius 3 is 2.29 bits per heavy atom. The highest BCUT2D eigenvalue weighted by molar-refractivity contribution is 7.89. The summed E-state index contributed by atoms with van der Waals surface area (Å²) in [6.07, 6.45) is 0.643. The summed E-state index contributed by atoms with van der Waals surface area (Å²) in [5, 5.41) is 0.540. The summed E-state index contributed by atoms with van der Waals surface area (Å²) in [4.78, 5) is 0.103. The van der Waals surface area contributed by atoms with E-state index in [1.165, 1.54) is 18.2 Å². The Kier molecular flexibility index (Phi) is 5.27. The van der Waals surface area contributed by atoms with E-state index in [2.05, 4.69) is 4.72 Å². The Morgan fingerprint density at radius 2 is 1.71 bits per heavy atom. The van der Waals surface area contributed by atoms with E-state index in [0.717, 1.165) is 5.56 Å². The predicted octanol–water partition coefficient (Wildman–Crippen LogP) is 4.42. The molecule has 0 aliphatic rings. The van der Waals surface area contributed by atoms with Gasteiger partial charge in [0.25, 0.3) is 0 Å². The molecule has 0 fully saturated rings. The van der Waals surface area contributed by atoms with Gasteiger partial charge in [-0.25, -0.2) is 13.1 Å². The van der Waals surface area contributed by atoms with Crippen molar-refractivity contribution < 1.29 is 8.42 Å². The van der Waals surface area contributed by atoms with E-state index in [1.54, 1.807) is 0 Å². The van der Waals surface area contributed by atoms with E-state index in [1.807, 2.05) is 37.3 Å². The zero-order valence-corrected chi connectivity index (χ0v) is 13.7. The number of hydrogen-bond donors (Lipinski definition) is 1. The lowest BCUT2D eigenvalue weighted by atomic mass is 10.1. The van der Waals surface area contributed by atoms with Gasteiger partial charge in [0, 0.05) is 6.04 Å². The second-order valence-corrected chi connectivity index (χ2v) is 7.10. The summed E-state index contributed by atoms with van der Waals surface area (Å²) in [6, 6.07) is 13.4. The highest BCUT2D eigenvalue weighted by Gasteiger charge is 2.20. The maximum absolute atomic E-state index is 12.4. The second kappa shape index (κ2) is 6.79. The van der Waals surface area contributed by atoms with Gasteiger partial charge >= 0.3 is 0 Å². The van der Waals surface area contributed by atoms with Crippen LogP contribution in [0.3, 0.4) is 0 Å². The van der Waals surface area contributed by atoms with Crippen LogP contribution in [0.25, 0.3) is 0 Å². The highest BCUT2D eigenvalue weighted by Crippen LogP contribution is 2.26. The van der Waals surface area contributed by atoms with Crippen LogP contribution in [-0.2, 0) is 10.0 Å². The van der Waals surface area contributed by atoms with E-state index in [9.17, 15) is 8.42 Å². The molecular weight excluding hydrogens is 329 g/mol. The van der Waals surface area contributed by atoms with Gasteiger partial charge in [0.1, 0.15) is 0 Å². The van der Waals surface area contributed by atoms with E-state index >= 15 is 0 Å². The van der Waals surface area contributed by atoms with Gasteiger partial charge in [0.05, 0.1) is 14.9 Å². The Hall–Kier alpha value is -1.07. The van der Waals surface area contributed by atoms with Crippen LogP contribution in [0.1, 0.15) is 24.9 Å². The van der Waals surface area contributed by atoms with Crippen LogP contribution in [0, 0.1) is 0 Å². The average Bonchev–Trinajstić information content (AvgIpc) is 2.48. The van der Waals surface area contributed by atoms with Crippen molar-refractivity contribution in [3.63, 3.8) is 0 Å². The summed E-state index contributed by atoms with van der Waals surface area (Å²) < 4.78 is 27.5. The molecule has 0 heterocycles. The van der Waals surface area contributed by atoms with Crippen LogP contribution in [0.2, 0.25) is 10.0 Å². The summed E-state index contributed by atoms with van der Waals surface area (Å²) in [5.74, 6) is 0. The Bertz CT molecular complexity index is 718. The molecule has 0 unspecified atom stereocenters. The maximum Gasteiger partial charge on any atom is 0.241 e. The third-order valence-electron chi connectivity index (χ3n) is 3.11. The lowest BCUT2D eigenvalue weighted by Crippen LogP contribution is -2.28.